The Morgan fingerprint density at radius 2 is 1.81 bits per heavy atom. The molecule has 1 aromatic heterocycles. The molecule has 0 bridgehead atoms. The molecule has 0 saturated carbocycles. The third kappa shape index (κ3) is 3.06. The van der Waals surface area contributed by atoms with Crippen LogP contribution in [0.1, 0.15) is 11.1 Å². The Labute approximate surface area is 155 Å². The normalized spacial score (nSPS) is 15.0. The van der Waals surface area contributed by atoms with Gasteiger partial charge in [-0.2, -0.15) is 5.10 Å². The largest absolute Gasteiger partial charge is 0.268 e. The van der Waals surface area contributed by atoms with E-state index in [0.29, 0.717) is 21.8 Å². The second kappa shape index (κ2) is 6.37. The molecule has 0 saturated heterocycles. The van der Waals surface area contributed by atoms with Gasteiger partial charge in [0.25, 0.3) is 5.56 Å². The summed E-state index contributed by atoms with van der Waals surface area (Å²) in [6.45, 7) is 0.290. The molecule has 2 heterocycles. The van der Waals surface area contributed by atoms with Crippen molar-refractivity contribution in [3.8, 4) is 11.3 Å². The van der Waals surface area contributed by atoms with Crippen LogP contribution in [-0.4, -0.2) is 24.0 Å². The second-order valence-corrected chi connectivity index (χ2v) is 8.72. The Morgan fingerprint density at radius 1 is 1.08 bits per heavy atom. The van der Waals surface area contributed by atoms with Crippen LogP contribution < -0.4 is 5.56 Å². The fourth-order valence-corrected chi connectivity index (χ4v) is 4.73. The molecular weight excluding hydrogens is 372 g/mol. The molecule has 0 fully saturated rings. The lowest BCUT2D eigenvalue weighted by atomic mass is 10.1. The highest BCUT2D eigenvalue weighted by molar-refractivity contribution is 7.91. The predicted molar refractivity (Wildman–Crippen MR) is 100 cm³/mol. The van der Waals surface area contributed by atoms with E-state index in [4.69, 9.17) is 11.6 Å². The van der Waals surface area contributed by atoms with Crippen molar-refractivity contribution in [3.63, 3.8) is 0 Å². The van der Waals surface area contributed by atoms with E-state index in [2.05, 4.69) is 5.10 Å². The van der Waals surface area contributed by atoms with E-state index in [1.54, 1.807) is 36.4 Å². The van der Waals surface area contributed by atoms with Crippen LogP contribution in [0.15, 0.2) is 64.3 Å². The predicted octanol–water partition coefficient (Wildman–Crippen LogP) is 2.94. The SMILES string of the molecule is O=c1cc2c(nn1Cc1ccc(Cl)cc1)-c1ccccc1S(=O)(=O)CC2. The number of rotatable bonds is 2. The Hall–Kier alpha value is -2.44. The summed E-state index contributed by atoms with van der Waals surface area (Å²) in [5, 5.41) is 5.12. The fraction of sp³-hybridized carbons (Fsp3) is 0.158. The van der Waals surface area contributed by atoms with Crippen LogP contribution in [-0.2, 0) is 22.8 Å². The van der Waals surface area contributed by atoms with Crippen LogP contribution in [0.25, 0.3) is 11.3 Å². The average Bonchev–Trinajstić information content (AvgIpc) is 2.73. The first-order valence-corrected chi connectivity index (χ1v) is 10.1. The summed E-state index contributed by atoms with van der Waals surface area (Å²) in [6.07, 6.45) is 0.274. The van der Waals surface area contributed by atoms with E-state index < -0.39 is 9.84 Å². The number of hydrogen-bond donors (Lipinski definition) is 0. The number of nitrogens with zero attached hydrogens (tertiary/aromatic N) is 2. The maximum atomic E-state index is 12.5. The molecule has 3 aromatic rings. The first-order valence-electron chi connectivity index (χ1n) is 8.12. The van der Waals surface area contributed by atoms with E-state index >= 15 is 0 Å². The molecule has 26 heavy (non-hydrogen) atoms. The lowest BCUT2D eigenvalue weighted by Crippen LogP contribution is -2.24. The van der Waals surface area contributed by atoms with Crippen LogP contribution in [0.4, 0.5) is 0 Å². The van der Waals surface area contributed by atoms with Gasteiger partial charge < -0.3 is 0 Å². The smallest absolute Gasteiger partial charge is 0.267 e. The fourth-order valence-electron chi connectivity index (χ4n) is 3.11. The van der Waals surface area contributed by atoms with Crippen molar-refractivity contribution in [1.29, 1.82) is 0 Å². The van der Waals surface area contributed by atoms with E-state index in [1.165, 1.54) is 10.7 Å². The summed E-state index contributed by atoms with van der Waals surface area (Å²) in [4.78, 5) is 12.7. The Kier molecular flexibility index (Phi) is 4.17. The summed E-state index contributed by atoms with van der Waals surface area (Å²) in [5.41, 5.74) is 2.39. The first kappa shape index (κ1) is 17.0. The zero-order valence-electron chi connectivity index (χ0n) is 13.7. The van der Waals surface area contributed by atoms with Gasteiger partial charge in [-0.05, 0) is 35.7 Å². The molecule has 0 amide bonds. The highest BCUT2D eigenvalue weighted by atomic mass is 35.5. The zero-order valence-corrected chi connectivity index (χ0v) is 15.3. The molecule has 0 atom stereocenters. The number of aryl methyl sites for hydroxylation is 1. The molecular formula is C19H15ClN2O3S. The molecule has 0 aliphatic carbocycles. The van der Waals surface area contributed by atoms with E-state index in [-0.39, 0.29) is 29.2 Å². The van der Waals surface area contributed by atoms with Crippen LogP contribution in [0.5, 0.6) is 0 Å². The number of fused-ring (bicyclic) bond motifs is 3. The highest BCUT2D eigenvalue weighted by Crippen LogP contribution is 2.32. The Bertz CT molecular complexity index is 1150. The number of hydrogen-bond acceptors (Lipinski definition) is 4. The van der Waals surface area contributed by atoms with Crippen LogP contribution in [0.3, 0.4) is 0 Å². The quantitative estimate of drug-likeness (QED) is 0.679. The van der Waals surface area contributed by atoms with Crippen molar-refractivity contribution in [2.24, 2.45) is 0 Å². The van der Waals surface area contributed by atoms with Gasteiger partial charge in [-0.25, -0.2) is 13.1 Å². The molecule has 0 N–H and O–H groups in total. The summed E-state index contributed by atoms with van der Waals surface area (Å²) in [5.74, 6) is -0.0284. The summed E-state index contributed by atoms with van der Waals surface area (Å²) < 4.78 is 26.4. The molecule has 1 aliphatic heterocycles. The molecule has 0 spiro atoms. The molecule has 0 unspecified atom stereocenters. The van der Waals surface area contributed by atoms with E-state index in [1.807, 2.05) is 12.1 Å². The van der Waals surface area contributed by atoms with E-state index in [0.717, 1.165) is 5.56 Å². The van der Waals surface area contributed by atoms with Crippen molar-refractivity contribution >= 4 is 21.4 Å². The Balaban J connectivity index is 1.87. The number of aromatic nitrogens is 2. The van der Waals surface area contributed by atoms with Gasteiger partial charge >= 0.3 is 0 Å². The van der Waals surface area contributed by atoms with Crippen molar-refractivity contribution in [2.45, 2.75) is 17.9 Å². The minimum Gasteiger partial charge on any atom is -0.268 e. The lowest BCUT2D eigenvalue weighted by molar-refractivity contribution is 0.596. The third-order valence-corrected chi connectivity index (χ3v) is 6.46. The highest BCUT2D eigenvalue weighted by Gasteiger charge is 2.26. The number of benzene rings is 2. The standard InChI is InChI=1S/C19H15ClN2O3S/c20-15-7-5-13(6-8-15)12-22-18(23)11-14-9-10-26(24,25)17-4-2-1-3-16(17)19(14)21-22/h1-8,11H,9-10,12H2. The maximum absolute atomic E-state index is 12.5. The van der Waals surface area contributed by atoms with Crippen molar-refractivity contribution < 1.29 is 8.42 Å². The van der Waals surface area contributed by atoms with Crippen molar-refractivity contribution in [3.05, 3.63) is 81.1 Å². The molecule has 4 rings (SSSR count). The van der Waals surface area contributed by atoms with Gasteiger partial charge in [0.05, 0.1) is 22.9 Å². The summed E-state index contributed by atoms with van der Waals surface area (Å²) >= 11 is 5.90. The minimum atomic E-state index is -3.40. The van der Waals surface area contributed by atoms with Crippen molar-refractivity contribution in [2.75, 3.05) is 5.75 Å². The van der Waals surface area contributed by atoms with Gasteiger partial charge in [0.2, 0.25) is 0 Å². The number of halogens is 1. The van der Waals surface area contributed by atoms with Crippen LogP contribution >= 0.6 is 11.6 Å². The third-order valence-electron chi connectivity index (χ3n) is 4.44. The lowest BCUT2D eigenvalue weighted by Gasteiger charge is -2.11. The second-order valence-electron chi connectivity index (χ2n) is 6.21. The maximum Gasteiger partial charge on any atom is 0.267 e. The van der Waals surface area contributed by atoms with Gasteiger partial charge in [-0.1, -0.05) is 41.9 Å². The van der Waals surface area contributed by atoms with Gasteiger partial charge in [-0.15, -0.1) is 0 Å². The van der Waals surface area contributed by atoms with Gasteiger partial charge in [0.15, 0.2) is 9.84 Å². The summed E-state index contributed by atoms with van der Waals surface area (Å²) in [7, 11) is -3.40. The molecule has 2 aromatic carbocycles. The van der Waals surface area contributed by atoms with Gasteiger partial charge in [0, 0.05) is 16.7 Å². The molecule has 5 nitrogen and oxygen atoms in total. The van der Waals surface area contributed by atoms with Gasteiger partial charge in [0.1, 0.15) is 0 Å². The van der Waals surface area contributed by atoms with Crippen molar-refractivity contribution in [1.82, 2.24) is 9.78 Å². The monoisotopic (exact) mass is 386 g/mol. The first-order chi connectivity index (χ1) is 12.4. The minimum absolute atomic E-state index is 0.0284. The molecule has 132 valence electrons. The number of sulfone groups is 1. The zero-order chi connectivity index (χ0) is 18.3. The van der Waals surface area contributed by atoms with E-state index in [9.17, 15) is 13.2 Å². The topological polar surface area (TPSA) is 69.0 Å². The average molecular weight is 387 g/mol. The Morgan fingerprint density at radius 3 is 2.58 bits per heavy atom. The molecule has 1 aliphatic rings. The van der Waals surface area contributed by atoms with Crippen LogP contribution in [0, 0.1) is 0 Å². The molecule has 7 heteroatoms. The molecule has 0 radical (unpaired) electrons. The van der Waals surface area contributed by atoms with Crippen LogP contribution in [0.2, 0.25) is 5.02 Å². The summed E-state index contributed by atoms with van der Waals surface area (Å²) in [6, 6.07) is 15.5. The van der Waals surface area contributed by atoms with Gasteiger partial charge in [-0.3, -0.25) is 4.79 Å².